The van der Waals surface area contributed by atoms with Gasteiger partial charge < -0.3 is 41.8 Å². The van der Waals surface area contributed by atoms with E-state index in [4.69, 9.17) is 9.47 Å². The molecule has 0 bridgehead atoms. The Kier molecular flexibility index (Phi) is 19.4. The number of alkyl carbamates (subject to hydrolysis) is 2. The van der Waals surface area contributed by atoms with Crippen molar-refractivity contribution >= 4 is 52.8 Å². The first kappa shape index (κ1) is 52.0. The van der Waals surface area contributed by atoms with Crippen LogP contribution in [0.3, 0.4) is 0 Å². The highest BCUT2D eigenvalue weighted by Gasteiger charge is 2.48. The number of carbonyl (C=O) groups is 7. The molecule has 0 saturated heterocycles. The van der Waals surface area contributed by atoms with Gasteiger partial charge in [-0.3, -0.25) is 24.0 Å². The number of amides is 4. The summed E-state index contributed by atoms with van der Waals surface area (Å²) in [4.78, 5) is 104. The minimum absolute atomic E-state index is 0.0693. The molecule has 4 N–H and O–H groups in total. The maximum Gasteiger partial charge on any atom is 0.415 e. The molecular weight excluding hydrogens is 917 g/mol. The predicted molar refractivity (Wildman–Crippen MR) is 264 cm³/mol. The highest BCUT2D eigenvalue weighted by atomic mass is 16.6. The van der Waals surface area contributed by atoms with E-state index in [1.165, 1.54) is 0 Å². The molecular formula is C55H50N8O9. The molecule has 0 aliphatic rings. The molecule has 6 rings (SSSR count). The number of nitrogens with one attached hydrogen (secondary N) is 4. The Bertz CT molecular complexity index is 2720. The fraction of sp³-hybridized carbons (Fsp3) is 0.182. The van der Waals surface area contributed by atoms with Gasteiger partial charge in [-0.2, -0.15) is 9.58 Å². The van der Waals surface area contributed by atoms with Crippen LogP contribution in [0.25, 0.3) is 11.1 Å². The number of carbonyl (C=O) groups excluding carboxylic acids is 7. The van der Waals surface area contributed by atoms with Gasteiger partial charge in [0.2, 0.25) is 11.8 Å². The summed E-state index contributed by atoms with van der Waals surface area (Å²) in [6, 6.07) is 45.6. The van der Waals surface area contributed by atoms with Crippen molar-refractivity contribution in [3.05, 3.63) is 226 Å². The monoisotopic (exact) mass is 966 g/mol. The molecule has 17 heteroatoms. The van der Waals surface area contributed by atoms with Gasteiger partial charge >= 0.3 is 29.4 Å². The van der Waals surface area contributed by atoms with Gasteiger partial charge in [-0.15, -0.1) is 0 Å². The zero-order valence-electron chi connectivity index (χ0n) is 38.8. The van der Waals surface area contributed by atoms with Crippen LogP contribution in [0.4, 0.5) is 9.59 Å². The van der Waals surface area contributed by atoms with Crippen LogP contribution >= 0.6 is 0 Å². The van der Waals surface area contributed by atoms with E-state index < -0.39 is 76.9 Å². The Morgan fingerprint density at radius 1 is 0.361 bits per heavy atom. The van der Waals surface area contributed by atoms with Crippen LogP contribution in [0.15, 0.2) is 182 Å². The molecule has 4 atom stereocenters. The van der Waals surface area contributed by atoms with Gasteiger partial charge in [0.1, 0.15) is 37.4 Å². The minimum atomic E-state index is -1.68. The largest absolute Gasteiger partial charge is 0.445 e. The summed E-state index contributed by atoms with van der Waals surface area (Å²) in [5.41, 5.74) is 21.7. The third-order valence-corrected chi connectivity index (χ3v) is 11.1. The number of hydrogen-bond donors (Lipinski definition) is 4. The van der Waals surface area contributed by atoms with Crippen molar-refractivity contribution in [2.24, 2.45) is 0 Å². The molecule has 72 heavy (non-hydrogen) atoms. The third kappa shape index (κ3) is 15.8. The second-order valence-electron chi connectivity index (χ2n) is 16.4. The van der Waals surface area contributed by atoms with Gasteiger partial charge in [-0.05, 0) is 33.4 Å². The Labute approximate surface area is 414 Å². The van der Waals surface area contributed by atoms with Crippen LogP contribution in [0.2, 0.25) is 0 Å². The minimum Gasteiger partial charge on any atom is -0.445 e. The van der Waals surface area contributed by atoms with E-state index in [1.807, 2.05) is 0 Å². The second-order valence-corrected chi connectivity index (χ2v) is 16.4. The topological polar surface area (TPSA) is 259 Å². The van der Waals surface area contributed by atoms with Crippen molar-refractivity contribution in [1.82, 2.24) is 21.3 Å². The second kappa shape index (κ2) is 26.9. The first-order valence-electron chi connectivity index (χ1n) is 22.8. The van der Waals surface area contributed by atoms with E-state index >= 15 is 0 Å². The Morgan fingerprint density at radius 3 is 0.875 bits per heavy atom. The average Bonchev–Trinajstić information content (AvgIpc) is 3.41. The van der Waals surface area contributed by atoms with Gasteiger partial charge in [0.15, 0.2) is 0 Å². The summed E-state index contributed by atoms with van der Waals surface area (Å²) in [7, 11) is 0. The lowest BCUT2D eigenvalue weighted by atomic mass is 9.92. The Balaban J connectivity index is 1.25. The molecule has 0 heterocycles. The summed E-state index contributed by atoms with van der Waals surface area (Å²) < 4.78 is 10.8. The number of benzene rings is 6. The highest BCUT2D eigenvalue weighted by Crippen LogP contribution is 2.13. The van der Waals surface area contributed by atoms with Gasteiger partial charge in [0.25, 0.3) is 11.6 Å². The molecule has 0 spiro atoms. The summed E-state index contributed by atoms with van der Waals surface area (Å²) in [6.07, 6.45) is -2.61. The molecule has 0 radical (unpaired) electrons. The van der Waals surface area contributed by atoms with Crippen molar-refractivity contribution in [3.8, 4) is 0 Å². The molecule has 6 aromatic carbocycles. The van der Waals surface area contributed by atoms with Crippen LogP contribution in [-0.2, 0) is 72.3 Å². The van der Waals surface area contributed by atoms with Crippen molar-refractivity contribution in [2.75, 3.05) is 0 Å². The van der Waals surface area contributed by atoms with Crippen LogP contribution in [-0.4, -0.2) is 86.5 Å². The van der Waals surface area contributed by atoms with E-state index in [-0.39, 0.29) is 38.9 Å². The Morgan fingerprint density at radius 2 is 0.611 bits per heavy atom. The molecule has 6 aromatic rings. The number of nitrogens with zero attached hydrogens (tertiary/aromatic N) is 4. The number of ketones is 3. The van der Waals surface area contributed by atoms with Gasteiger partial charge in [-0.25, -0.2) is 9.59 Å². The molecule has 0 fully saturated rings. The first-order valence-corrected chi connectivity index (χ1v) is 22.8. The first-order chi connectivity index (χ1) is 35.0. The molecule has 4 amide bonds. The zero-order chi connectivity index (χ0) is 51.1. The lowest BCUT2D eigenvalue weighted by Gasteiger charge is -2.22. The quantitative estimate of drug-likeness (QED) is 0.0256. The third-order valence-electron chi connectivity index (χ3n) is 11.1. The van der Waals surface area contributed by atoms with E-state index in [2.05, 4.69) is 30.8 Å². The fourth-order valence-corrected chi connectivity index (χ4v) is 7.45. The summed E-state index contributed by atoms with van der Waals surface area (Å²) in [5, 5.41) is 10.3. The van der Waals surface area contributed by atoms with Crippen LogP contribution < -0.4 is 21.3 Å². The number of ether oxygens (including phenoxy) is 2. The molecule has 364 valence electrons. The smallest absolute Gasteiger partial charge is 0.415 e. The molecule has 0 aromatic heterocycles. The van der Waals surface area contributed by atoms with Gasteiger partial charge in [-0.1, -0.05) is 182 Å². The summed E-state index contributed by atoms with van der Waals surface area (Å²) in [6.45, 7) is -0.226. The van der Waals surface area contributed by atoms with E-state index in [0.29, 0.717) is 33.4 Å². The zero-order valence-corrected chi connectivity index (χ0v) is 38.8. The molecule has 4 unspecified atom stereocenters. The van der Waals surface area contributed by atoms with Crippen LogP contribution in [0.5, 0.6) is 0 Å². The van der Waals surface area contributed by atoms with Crippen molar-refractivity contribution < 1.29 is 52.6 Å². The lowest BCUT2D eigenvalue weighted by molar-refractivity contribution is -0.131. The van der Waals surface area contributed by atoms with E-state index in [1.54, 1.807) is 182 Å². The lowest BCUT2D eigenvalue weighted by Crippen LogP contribution is -2.57. The fourth-order valence-electron chi connectivity index (χ4n) is 7.45. The SMILES string of the molecule is [N-]=[N+]=C(C(=O)C(=[N+]=[N-])C(=O)C(Cc1ccccc1)NC(=O)C(Cc1ccccc1)NC(=O)OCc1ccccc1)C(=O)C(Cc1ccccc1)NC(=O)C(Cc1ccccc1)NC(=O)OCc1ccccc1. The van der Waals surface area contributed by atoms with E-state index in [0.717, 1.165) is 0 Å². The summed E-state index contributed by atoms with van der Waals surface area (Å²) in [5.74, 6) is -6.04. The molecule has 17 nitrogen and oxygen atoms in total. The normalized spacial score (nSPS) is 12.1. The van der Waals surface area contributed by atoms with Gasteiger partial charge in [0.05, 0.1) is 0 Å². The van der Waals surface area contributed by atoms with Crippen molar-refractivity contribution in [1.29, 1.82) is 0 Å². The number of hydrogen-bond acceptors (Lipinski definition) is 9. The van der Waals surface area contributed by atoms with Gasteiger partial charge in [0, 0.05) is 25.7 Å². The number of Topliss-reactive ketones (excluding diaryl/α,β-unsaturated/α-hetero) is 3. The van der Waals surface area contributed by atoms with Crippen LogP contribution in [0.1, 0.15) is 33.4 Å². The van der Waals surface area contributed by atoms with Crippen LogP contribution in [0, 0.1) is 0 Å². The standard InChI is InChI=1S/C55H50N8O9/c56-62-47(49(64)43(31-37-19-7-1-8-20-37)58-52(67)45(33-39-23-11-3-12-24-39)60-54(69)71-35-41-27-15-5-16-28-41)51(66)48(63-57)50(65)44(32-38-21-9-2-10-22-38)59-53(68)46(34-40-25-13-4-14-26-40)61-55(70)72-36-42-29-17-6-18-30-42/h1-30,43-46H,31-36H2,(H,58,67)(H,59,68)(H,60,69)(H,61,70). The maximum absolute atomic E-state index is 14.5. The maximum atomic E-state index is 14.5. The number of rotatable bonds is 24. The van der Waals surface area contributed by atoms with E-state index in [9.17, 15) is 44.6 Å². The molecule has 0 aliphatic carbocycles. The predicted octanol–water partition coefficient (Wildman–Crippen LogP) is 5.57. The van der Waals surface area contributed by atoms with Crippen molar-refractivity contribution in [3.63, 3.8) is 0 Å². The van der Waals surface area contributed by atoms with Crippen molar-refractivity contribution in [2.45, 2.75) is 63.1 Å². The highest BCUT2D eigenvalue weighted by molar-refractivity contribution is 6.87. The average molecular weight is 967 g/mol. The summed E-state index contributed by atoms with van der Waals surface area (Å²) >= 11 is 0. The molecule has 0 saturated carbocycles. The molecule has 0 aliphatic heterocycles. The Hall–Kier alpha value is -9.43.